The molecule has 3 rings (SSSR count). The molecule has 1 aromatic carbocycles. The fourth-order valence-electron chi connectivity index (χ4n) is 3.28. The number of likely N-dealkylation sites (tertiary alicyclic amines) is 1. The van der Waals surface area contributed by atoms with Gasteiger partial charge in [0.05, 0.1) is 5.69 Å². The zero-order valence-electron chi connectivity index (χ0n) is 15.0. The lowest BCUT2D eigenvalue weighted by Gasteiger charge is -2.29. The van der Waals surface area contributed by atoms with Crippen molar-refractivity contribution in [3.8, 4) is 0 Å². The molecule has 1 aromatic rings. The third kappa shape index (κ3) is 4.18. The first-order chi connectivity index (χ1) is 12.0. The first-order valence-electron chi connectivity index (χ1n) is 9.06. The van der Waals surface area contributed by atoms with Gasteiger partial charge in [-0.1, -0.05) is 0 Å². The minimum Gasteiger partial charge on any atom is -0.341 e. The van der Waals surface area contributed by atoms with E-state index in [1.54, 1.807) is 19.1 Å². The number of piperidine rings is 1. The molecule has 0 aliphatic carbocycles. The van der Waals surface area contributed by atoms with Crippen molar-refractivity contribution in [1.82, 2.24) is 10.2 Å². The van der Waals surface area contributed by atoms with Crippen LogP contribution in [0.15, 0.2) is 29.4 Å². The molecule has 0 unspecified atom stereocenters. The fraction of sp³-hybridized carbons (Fsp3) is 0.526. The van der Waals surface area contributed by atoms with Crippen LogP contribution in [-0.4, -0.2) is 48.1 Å². The number of nitrogens with zero attached hydrogens (tertiary/aromatic N) is 3. The van der Waals surface area contributed by atoms with Crippen molar-refractivity contribution in [3.63, 3.8) is 0 Å². The maximum absolute atomic E-state index is 12.4. The van der Waals surface area contributed by atoms with E-state index >= 15 is 0 Å². The van der Waals surface area contributed by atoms with E-state index in [9.17, 15) is 9.59 Å². The van der Waals surface area contributed by atoms with Gasteiger partial charge in [-0.05, 0) is 57.4 Å². The molecule has 0 saturated carbocycles. The Morgan fingerprint density at radius 1 is 1.08 bits per heavy atom. The van der Waals surface area contributed by atoms with Gasteiger partial charge < -0.3 is 10.2 Å². The first kappa shape index (κ1) is 17.5. The molecule has 0 spiro atoms. The van der Waals surface area contributed by atoms with Crippen molar-refractivity contribution < 1.29 is 9.59 Å². The predicted molar refractivity (Wildman–Crippen MR) is 98.9 cm³/mol. The normalized spacial score (nSPS) is 18.7. The second-order valence-electron chi connectivity index (χ2n) is 6.84. The van der Waals surface area contributed by atoms with Crippen molar-refractivity contribution in [2.24, 2.45) is 5.10 Å². The summed E-state index contributed by atoms with van der Waals surface area (Å²) in [6, 6.07) is 6.86. The standard InChI is InChI=1S/C19H26N4O2/c1-14-10-13-23(21-14)17-8-6-16(7-9-17)18(24)20-15(2)19(25)22-11-4-3-5-12-22/h6-9,15H,3-5,10-13H2,1-2H3,(H,20,24)/t15-/m0/s1. The molecule has 134 valence electrons. The van der Waals surface area contributed by atoms with Gasteiger partial charge in [-0.25, -0.2) is 0 Å². The quantitative estimate of drug-likeness (QED) is 0.914. The smallest absolute Gasteiger partial charge is 0.251 e. The van der Waals surface area contributed by atoms with Crippen molar-refractivity contribution >= 4 is 23.2 Å². The Kier molecular flexibility index (Phi) is 5.36. The third-order valence-electron chi connectivity index (χ3n) is 4.79. The molecular formula is C19H26N4O2. The molecule has 0 aromatic heterocycles. The van der Waals surface area contributed by atoms with Crippen LogP contribution < -0.4 is 10.3 Å². The van der Waals surface area contributed by atoms with Crippen LogP contribution in [0.25, 0.3) is 0 Å². The average Bonchev–Trinajstić information content (AvgIpc) is 3.08. The first-order valence-corrected chi connectivity index (χ1v) is 9.06. The summed E-state index contributed by atoms with van der Waals surface area (Å²) in [5.41, 5.74) is 2.65. The van der Waals surface area contributed by atoms with E-state index in [0.717, 1.165) is 50.3 Å². The highest BCUT2D eigenvalue weighted by Gasteiger charge is 2.23. The predicted octanol–water partition coefficient (Wildman–Crippen LogP) is 2.40. The van der Waals surface area contributed by atoms with Crippen molar-refractivity contribution in [2.75, 3.05) is 24.6 Å². The Balaban J connectivity index is 1.58. The highest BCUT2D eigenvalue weighted by Crippen LogP contribution is 2.20. The largest absolute Gasteiger partial charge is 0.341 e. The molecule has 2 amide bonds. The van der Waals surface area contributed by atoms with Crippen molar-refractivity contribution in [2.45, 2.75) is 45.6 Å². The van der Waals surface area contributed by atoms with E-state index in [4.69, 9.17) is 0 Å². The van der Waals surface area contributed by atoms with Crippen LogP contribution >= 0.6 is 0 Å². The van der Waals surface area contributed by atoms with Gasteiger partial charge in [0.2, 0.25) is 5.91 Å². The summed E-state index contributed by atoms with van der Waals surface area (Å²) in [7, 11) is 0. The van der Waals surface area contributed by atoms with Crippen LogP contribution in [0.2, 0.25) is 0 Å². The number of benzene rings is 1. The zero-order valence-corrected chi connectivity index (χ0v) is 15.0. The monoisotopic (exact) mass is 342 g/mol. The molecule has 1 N–H and O–H groups in total. The molecule has 25 heavy (non-hydrogen) atoms. The summed E-state index contributed by atoms with van der Waals surface area (Å²) in [4.78, 5) is 26.7. The second-order valence-corrected chi connectivity index (χ2v) is 6.84. The molecule has 6 heteroatoms. The van der Waals surface area contributed by atoms with E-state index in [1.807, 2.05) is 29.0 Å². The van der Waals surface area contributed by atoms with E-state index in [0.29, 0.717) is 5.56 Å². The molecule has 2 aliphatic heterocycles. The minimum atomic E-state index is -0.504. The highest BCUT2D eigenvalue weighted by molar-refractivity contribution is 5.97. The number of amides is 2. The number of carbonyl (C=O) groups excluding carboxylic acids is 2. The molecule has 0 bridgehead atoms. The van der Waals surface area contributed by atoms with Gasteiger partial charge >= 0.3 is 0 Å². The summed E-state index contributed by atoms with van der Waals surface area (Å²) in [6.45, 7) is 6.24. The Hall–Kier alpha value is -2.37. The lowest BCUT2D eigenvalue weighted by molar-refractivity contribution is -0.133. The maximum Gasteiger partial charge on any atom is 0.251 e. The van der Waals surface area contributed by atoms with Gasteiger partial charge in [0, 0.05) is 37.3 Å². The van der Waals surface area contributed by atoms with E-state index in [2.05, 4.69) is 10.4 Å². The summed E-state index contributed by atoms with van der Waals surface area (Å²) in [5.74, 6) is -0.211. The Morgan fingerprint density at radius 2 is 1.76 bits per heavy atom. The van der Waals surface area contributed by atoms with Crippen LogP contribution in [0.4, 0.5) is 5.69 Å². The van der Waals surface area contributed by atoms with Crippen molar-refractivity contribution in [3.05, 3.63) is 29.8 Å². The SMILES string of the molecule is CC1=NN(c2ccc(C(=O)N[C@@H](C)C(=O)N3CCCCC3)cc2)CC1. The van der Waals surface area contributed by atoms with Gasteiger partial charge in [-0.3, -0.25) is 14.6 Å². The number of hydrogen-bond acceptors (Lipinski definition) is 4. The molecule has 6 nitrogen and oxygen atoms in total. The van der Waals surface area contributed by atoms with Crippen LogP contribution in [0, 0.1) is 0 Å². The number of rotatable bonds is 4. The van der Waals surface area contributed by atoms with E-state index in [-0.39, 0.29) is 11.8 Å². The van der Waals surface area contributed by atoms with E-state index in [1.165, 1.54) is 6.42 Å². The van der Waals surface area contributed by atoms with Gasteiger partial charge in [0.1, 0.15) is 6.04 Å². The number of nitrogens with one attached hydrogen (secondary N) is 1. The van der Waals surface area contributed by atoms with Crippen LogP contribution in [-0.2, 0) is 4.79 Å². The summed E-state index contributed by atoms with van der Waals surface area (Å²) in [5, 5.41) is 9.22. The Morgan fingerprint density at radius 3 is 2.36 bits per heavy atom. The van der Waals surface area contributed by atoms with Crippen molar-refractivity contribution in [1.29, 1.82) is 0 Å². The third-order valence-corrected chi connectivity index (χ3v) is 4.79. The molecule has 0 radical (unpaired) electrons. The summed E-state index contributed by atoms with van der Waals surface area (Å²) < 4.78 is 0. The number of hydrogen-bond donors (Lipinski definition) is 1. The van der Waals surface area contributed by atoms with Crippen LogP contribution in [0.3, 0.4) is 0 Å². The fourth-order valence-corrected chi connectivity index (χ4v) is 3.28. The molecule has 1 fully saturated rings. The van der Waals surface area contributed by atoms with E-state index < -0.39 is 6.04 Å². The Labute approximate surface area is 148 Å². The molecule has 2 heterocycles. The number of hydrazone groups is 1. The second kappa shape index (κ2) is 7.68. The van der Waals surface area contributed by atoms with Crippen LogP contribution in [0.5, 0.6) is 0 Å². The van der Waals surface area contributed by atoms with Gasteiger partial charge in [0.15, 0.2) is 0 Å². The molecule has 2 aliphatic rings. The lowest BCUT2D eigenvalue weighted by Crippen LogP contribution is -2.48. The molecule has 1 saturated heterocycles. The minimum absolute atomic E-state index is 0.00606. The van der Waals surface area contributed by atoms with Gasteiger partial charge in [-0.15, -0.1) is 0 Å². The van der Waals surface area contributed by atoms with Gasteiger partial charge in [0.25, 0.3) is 5.91 Å². The summed E-state index contributed by atoms with van der Waals surface area (Å²) in [6.07, 6.45) is 4.24. The highest BCUT2D eigenvalue weighted by atomic mass is 16.2. The average molecular weight is 342 g/mol. The maximum atomic E-state index is 12.4. The topological polar surface area (TPSA) is 65.0 Å². The van der Waals surface area contributed by atoms with Gasteiger partial charge in [-0.2, -0.15) is 5.10 Å². The van der Waals surface area contributed by atoms with Crippen LogP contribution in [0.1, 0.15) is 49.9 Å². The summed E-state index contributed by atoms with van der Waals surface area (Å²) >= 11 is 0. The Bertz CT molecular complexity index is 663. The lowest BCUT2D eigenvalue weighted by atomic mass is 10.1. The molecule has 1 atom stereocenters. The molecular weight excluding hydrogens is 316 g/mol. The zero-order chi connectivity index (χ0) is 17.8. The number of carbonyl (C=O) groups is 2. The number of anilines is 1.